The highest BCUT2D eigenvalue weighted by molar-refractivity contribution is 7.89. The minimum absolute atomic E-state index is 0.104. The molecular weight excluding hydrogens is 310 g/mol. The summed E-state index contributed by atoms with van der Waals surface area (Å²) in [5.74, 6) is 0.490. The standard InChI is InChI=1S/C12H17N5O2S2/c1-8-6-20-10(4-13-9-2-3-9)12(8)21(18,19)16-5-11-14-7-15-17-11/h6-7,9,13,16H,2-5H2,1H3,(H,14,15,17). The van der Waals surface area contributed by atoms with E-state index in [4.69, 9.17) is 0 Å². The number of H-pyrrole nitrogens is 1. The lowest BCUT2D eigenvalue weighted by Crippen LogP contribution is -2.26. The van der Waals surface area contributed by atoms with Gasteiger partial charge >= 0.3 is 0 Å². The second-order valence-electron chi connectivity index (χ2n) is 5.08. The van der Waals surface area contributed by atoms with E-state index in [0.717, 1.165) is 10.4 Å². The summed E-state index contributed by atoms with van der Waals surface area (Å²) in [4.78, 5) is 5.15. The predicted molar refractivity (Wildman–Crippen MR) is 79.3 cm³/mol. The van der Waals surface area contributed by atoms with Gasteiger partial charge in [0, 0.05) is 17.5 Å². The van der Waals surface area contributed by atoms with E-state index >= 15 is 0 Å². The molecule has 1 saturated carbocycles. The van der Waals surface area contributed by atoms with Crippen LogP contribution >= 0.6 is 11.3 Å². The zero-order valence-corrected chi connectivity index (χ0v) is 13.2. The molecule has 0 saturated heterocycles. The van der Waals surface area contributed by atoms with Crippen molar-refractivity contribution in [2.75, 3.05) is 0 Å². The van der Waals surface area contributed by atoms with Crippen molar-refractivity contribution in [3.63, 3.8) is 0 Å². The first-order chi connectivity index (χ1) is 10.1. The summed E-state index contributed by atoms with van der Waals surface area (Å²) >= 11 is 1.48. The van der Waals surface area contributed by atoms with Crippen molar-refractivity contribution < 1.29 is 8.42 Å². The van der Waals surface area contributed by atoms with E-state index in [0.29, 0.717) is 23.3 Å². The van der Waals surface area contributed by atoms with Gasteiger partial charge in [0.1, 0.15) is 17.0 Å². The third-order valence-corrected chi connectivity index (χ3v) is 6.15. The van der Waals surface area contributed by atoms with E-state index in [1.165, 1.54) is 30.5 Å². The molecule has 3 rings (SSSR count). The van der Waals surface area contributed by atoms with Gasteiger partial charge in [0.05, 0.1) is 6.54 Å². The third kappa shape index (κ3) is 3.49. The van der Waals surface area contributed by atoms with Gasteiger partial charge < -0.3 is 5.32 Å². The summed E-state index contributed by atoms with van der Waals surface area (Å²) in [6.45, 7) is 2.52. The van der Waals surface area contributed by atoms with Crippen LogP contribution in [0.4, 0.5) is 0 Å². The van der Waals surface area contributed by atoms with Gasteiger partial charge in [0.2, 0.25) is 10.0 Å². The molecule has 2 heterocycles. The van der Waals surface area contributed by atoms with Crippen molar-refractivity contribution in [3.05, 3.63) is 28.0 Å². The fraction of sp³-hybridized carbons (Fsp3) is 0.500. The average molecular weight is 327 g/mol. The van der Waals surface area contributed by atoms with Gasteiger partial charge in [-0.25, -0.2) is 18.1 Å². The minimum Gasteiger partial charge on any atom is -0.309 e. The van der Waals surface area contributed by atoms with Gasteiger partial charge in [-0.3, -0.25) is 5.10 Å². The topological polar surface area (TPSA) is 99.8 Å². The van der Waals surface area contributed by atoms with Crippen molar-refractivity contribution in [2.24, 2.45) is 0 Å². The smallest absolute Gasteiger partial charge is 0.242 e. The van der Waals surface area contributed by atoms with Crippen molar-refractivity contribution in [1.82, 2.24) is 25.2 Å². The Morgan fingerprint density at radius 2 is 2.24 bits per heavy atom. The molecule has 0 atom stereocenters. The maximum atomic E-state index is 12.5. The fourth-order valence-corrected chi connectivity index (χ4v) is 4.79. The van der Waals surface area contributed by atoms with Crippen LogP contribution in [0.15, 0.2) is 16.6 Å². The van der Waals surface area contributed by atoms with Gasteiger partial charge in [-0.1, -0.05) is 0 Å². The number of aromatic amines is 1. The first-order valence-corrected chi connectivity index (χ1v) is 9.07. The molecule has 1 fully saturated rings. The van der Waals surface area contributed by atoms with E-state index in [2.05, 4.69) is 25.2 Å². The van der Waals surface area contributed by atoms with E-state index in [1.54, 1.807) is 0 Å². The van der Waals surface area contributed by atoms with Crippen molar-refractivity contribution in [1.29, 1.82) is 0 Å². The van der Waals surface area contributed by atoms with Crippen molar-refractivity contribution in [2.45, 2.75) is 43.8 Å². The fourth-order valence-electron chi connectivity index (χ4n) is 2.05. The van der Waals surface area contributed by atoms with E-state index < -0.39 is 10.0 Å². The lowest BCUT2D eigenvalue weighted by Gasteiger charge is -2.09. The van der Waals surface area contributed by atoms with Crippen LogP contribution < -0.4 is 10.0 Å². The highest BCUT2D eigenvalue weighted by Gasteiger charge is 2.25. The maximum absolute atomic E-state index is 12.5. The number of hydrogen-bond acceptors (Lipinski definition) is 6. The number of aromatic nitrogens is 3. The lowest BCUT2D eigenvalue weighted by molar-refractivity contribution is 0.576. The normalized spacial score (nSPS) is 15.5. The molecular formula is C12H17N5O2S2. The first-order valence-electron chi connectivity index (χ1n) is 6.70. The van der Waals surface area contributed by atoms with Crippen LogP contribution in [0, 0.1) is 6.92 Å². The van der Waals surface area contributed by atoms with Crippen LogP contribution in [0.3, 0.4) is 0 Å². The highest BCUT2D eigenvalue weighted by Crippen LogP contribution is 2.28. The Labute approximate surface area is 127 Å². The minimum atomic E-state index is -3.55. The zero-order chi connectivity index (χ0) is 14.9. The summed E-state index contributed by atoms with van der Waals surface area (Å²) in [5, 5.41) is 11.6. The van der Waals surface area contributed by atoms with Crippen LogP contribution in [0.2, 0.25) is 0 Å². The van der Waals surface area contributed by atoms with Crippen LogP contribution in [-0.4, -0.2) is 29.6 Å². The van der Waals surface area contributed by atoms with Crippen molar-refractivity contribution in [3.8, 4) is 0 Å². The molecule has 0 radical (unpaired) electrons. The molecule has 0 aliphatic heterocycles. The third-order valence-electron chi connectivity index (χ3n) is 3.28. The molecule has 2 aromatic rings. The van der Waals surface area contributed by atoms with Gasteiger partial charge in [-0.15, -0.1) is 11.3 Å². The maximum Gasteiger partial charge on any atom is 0.242 e. The Bertz CT molecular complexity index is 704. The molecule has 0 bridgehead atoms. The Kier molecular flexibility index (Phi) is 4.07. The number of aryl methyl sites for hydroxylation is 1. The van der Waals surface area contributed by atoms with E-state index in [9.17, 15) is 8.42 Å². The molecule has 3 N–H and O–H groups in total. The Balaban J connectivity index is 1.75. The molecule has 7 nitrogen and oxygen atoms in total. The summed E-state index contributed by atoms with van der Waals surface area (Å²) in [6.07, 6.45) is 3.71. The monoisotopic (exact) mass is 327 g/mol. The zero-order valence-electron chi connectivity index (χ0n) is 11.6. The summed E-state index contributed by atoms with van der Waals surface area (Å²) in [7, 11) is -3.55. The number of sulfonamides is 1. The number of nitrogens with one attached hydrogen (secondary N) is 3. The van der Waals surface area contributed by atoms with Gasteiger partial charge in [-0.2, -0.15) is 5.10 Å². The largest absolute Gasteiger partial charge is 0.309 e. The van der Waals surface area contributed by atoms with E-state index in [-0.39, 0.29) is 6.54 Å². The van der Waals surface area contributed by atoms with Crippen molar-refractivity contribution >= 4 is 21.4 Å². The Morgan fingerprint density at radius 3 is 2.90 bits per heavy atom. The van der Waals surface area contributed by atoms with Gasteiger partial charge in [0.15, 0.2) is 0 Å². The molecule has 114 valence electrons. The summed E-state index contributed by atoms with van der Waals surface area (Å²) in [6, 6.07) is 0.546. The lowest BCUT2D eigenvalue weighted by atomic mass is 10.3. The molecule has 0 aromatic carbocycles. The number of hydrogen-bond donors (Lipinski definition) is 3. The second kappa shape index (κ2) is 5.84. The van der Waals surface area contributed by atoms with Crippen LogP contribution in [0.25, 0.3) is 0 Å². The quantitative estimate of drug-likeness (QED) is 0.702. The number of rotatable bonds is 7. The van der Waals surface area contributed by atoms with E-state index in [1.807, 2.05) is 12.3 Å². The summed E-state index contributed by atoms with van der Waals surface area (Å²) < 4.78 is 27.6. The predicted octanol–water partition coefficient (Wildman–Crippen LogP) is 0.905. The van der Waals surface area contributed by atoms with Crippen LogP contribution in [0.1, 0.15) is 29.1 Å². The molecule has 0 amide bonds. The molecule has 9 heteroatoms. The second-order valence-corrected chi connectivity index (χ2v) is 7.75. The van der Waals surface area contributed by atoms with Crippen LogP contribution in [-0.2, 0) is 23.1 Å². The molecule has 1 aliphatic carbocycles. The molecule has 0 spiro atoms. The molecule has 1 aliphatic rings. The Hall–Kier alpha value is -1.29. The highest BCUT2D eigenvalue weighted by atomic mass is 32.2. The first kappa shape index (κ1) is 14.6. The SMILES string of the molecule is Cc1csc(CNC2CC2)c1S(=O)(=O)NCc1ncn[nH]1. The molecule has 21 heavy (non-hydrogen) atoms. The molecule has 2 aromatic heterocycles. The average Bonchev–Trinajstić information content (AvgIpc) is 2.97. The number of thiophene rings is 1. The molecule has 0 unspecified atom stereocenters. The Morgan fingerprint density at radius 1 is 1.43 bits per heavy atom. The van der Waals surface area contributed by atoms with Gasteiger partial charge in [-0.05, 0) is 30.7 Å². The van der Waals surface area contributed by atoms with Gasteiger partial charge in [0.25, 0.3) is 0 Å². The summed E-state index contributed by atoms with van der Waals surface area (Å²) in [5.41, 5.74) is 0.776. The number of nitrogens with zero attached hydrogens (tertiary/aromatic N) is 2. The van der Waals surface area contributed by atoms with Crippen LogP contribution in [0.5, 0.6) is 0 Å².